The van der Waals surface area contributed by atoms with Gasteiger partial charge in [0.1, 0.15) is 0 Å². The summed E-state index contributed by atoms with van der Waals surface area (Å²) < 4.78 is 0. The first-order chi connectivity index (χ1) is 13.2. The molecule has 4 rings (SSSR count). The summed E-state index contributed by atoms with van der Waals surface area (Å²) in [6.07, 6.45) is 7.03. The SMILES string of the molecule is C[C@H]1CCCN1C1CCC(c2ccc(NC(=O)Cc3ccccc3)cc2)C1. The average molecular weight is 363 g/mol. The minimum atomic E-state index is 0.0397. The highest BCUT2D eigenvalue weighted by Crippen LogP contribution is 2.39. The van der Waals surface area contributed by atoms with Crippen molar-refractivity contribution in [1.29, 1.82) is 0 Å². The summed E-state index contributed by atoms with van der Waals surface area (Å²) in [6.45, 7) is 3.66. The van der Waals surface area contributed by atoms with Crippen molar-refractivity contribution in [2.24, 2.45) is 0 Å². The fourth-order valence-corrected chi connectivity index (χ4v) is 4.88. The molecule has 1 aliphatic heterocycles. The zero-order chi connectivity index (χ0) is 18.6. The molecule has 0 radical (unpaired) electrons. The first kappa shape index (κ1) is 18.2. The van der Waals surface area contributed by atoms with Gasteiger partial charge in [0.05, 0.1) is 6.42 Å². The van der Waals surface area contributed by atoms with Crippen molar-refractivity contribution in [3.8, 4) is 0 Å². The second kappa shape index (κ2) is 8.26. The molecule has 0 aromatic heterocycles. The maximum absolute atomic E-state index is 12.2. The number of carbonyl (C=O) groups excluding carboxylic acids is 1. The number of hydrogen-bond donors (Lipinski definition) is 1. The first-order valence-corrected chi connectivity index (χ1v) is 10.4. The van der Waals surface area contributed by atoms with E-state index in [4.69, 9.17) is 0 Å². The zero-order valence-corrected chi connectivity index (χ0v) is 16.2. The third-order valence-electron chi connectivity index (χ3n) is 6.35. The second-order valence-corrected chi connectivity index (χ2v) is 8.23. The van der Waals surface area contributed by atoms with Gasteiger partial charge in [-0.2, -0.15) is 0 Å². The van der Waals surface area contributed by atoms with Crippen molar-refractivity contribution in [3.05, 3.63) is 65.7 Å². The molecule has 142 valence electrons. The van der Waals surface area contributed by atoms with Crippen LogP contribution < -0.4 is 5.32 Å². The molecule has 3 nitrogen and oxygen atoms in total. The number of amides is 1. The topological polar surface area (TPSA) is 32.3 Å². The number of carbonyl (C=O) groups is 1. The fourth-order valence-electron chi connectivity index (χ4n) is 4.88. The van der Waals surface area contributed by atoms with Crippen molar-refractivity contribution >= 4 is 11.6 Å². The molecular formula is C24H30N2O. The lowest BCUT2D eigenvalue weighted by molar-refractivity contribution is -0.115. The van der Waals surface area contributed by atoms with Gasteiger partial charge in [0, 0.05) is 17.8 Å². The molecule has 2 unspecified atom stereocenters. The average Bonchev–Trinajstić information content (AvgIpc) is 3.32. The molecule has 2 aromatic carbocycles. The molecule has 2 fully saturated rings. The number of nitrogens with zero attached hydrogens (tertiary/aromatic N) is 1. The minimum Gasteiger partial charge on any atom is -0.326 e. The van der Waals surface area contributed by atoms with Gasteiger partial charge >= 0.3 is 0 Å². The first-order valence-electron chi connectivity index (χ1n) is 10.4. The highest BCUT2D eigenvalue weighted by molar-refractivity contribution is 5.92. The molecule has 3 heteroatoms. The van der Waals surface area contributed by atoms with Crippen LogP contribution in [-0.4, -0.2) is 29.4 Å². The predicted molar refractivity (Wildman–Crippen MR) is 111 cm³/mol. The molecule has 2 aromatic rings. The van der Waals surface area contributed by atoms with Crippen molar-refractivity contribution < 1.29 is 4.79 Å². The molecule has 1 heterocycles. The Bertz CT molecular complexity index is 756. The van der Waals surface area contributed by atoms with Gasteiger partial charge in [-0.1, -0.05) is 42.5 Å². The van der Waals surface area contributed by atoms with Crippen LogP contribution in [-0.2, 0) is 11.2 Å². The number of nitrogens with one attached hydrogen (secondary N) is 1. The summed E-state index contributed by atoms with van der Waals surface area (Å²) in [5.74, 6) is 0.703. The molecule has 1 N–H and O–H groups in total. The van der Waals surface area contributed by atoms with Crippen LogP contribution in [0, 0.1) is 0 Å². The number of rotatable bonds is 5. The Morgan fingerprint density at radius 1 is 1.04 bits per heavy atom. The van der Waals surface area contributed by atoms with Crippen LogP contribution in [0.25, 0.3) is 0 Å². The van der Waals surface area contributed by atoms with E-state index in [0.29, 0.717) is 12.3 Å². The Morgan fingerprint density at radius 3 is 2.52 bits per heavy atom. The monoisotopic (exact) mass is 362 g/mol. The lowest BCUT2D eigenvalue weighted by Gasteiger charge is -2.28. The summed E-state index contributed by atoms with van der Waals surface area (Å²) in [4.78, 5) is 15.0. The van der Waals surface area contributed by atoms with Gasteiger partial charge in [-0.25, -0.2) is 0 Å². The molecule has 0 spiro atoms. The smallest absolute Gasteiger partial charge is 0.228 e. The third kappa shape index (κ3) is 4.41. The van der Waals surface area contributed by atoms with Crippen LogP contribution in [0.15, 0.2) is 54.6 Å². The number of likely N-dealkylation sites (tertiary alicyclic amines) is 1. The standard InChI is InChI=1S/C24H30N2O/c1-18-6-5-15-26(18)23-14-11-21(17-23)20-9-12-22(13-10-20)25-24(27)16-19-7-3-2-4-8-19/h2-4,7-10,12-13,18,21,23H,5-6,11,14-17H2,1H3,(H,25,27)/t18-,21?,23?/m0/s1. The van der Waals surface area contributed by atoms with Crippen molar-refractivity contribution in [2.45, 2.75) is 63.5 Å². The highest BCUT2D eigenvalue weighted by atomic mass is 16.1. The van der Waals surface area contributed by atoms with Crippen molar-refractivity contribution in [1.82, 2.24) is 4.90 Å². The van der Waals surface area contributed by atoms with E-state index in [1.54, 1.807) is 0 Å². The Hall–Kier alpha value is -2.13. The Balaban J connectivity index is 1.32. The summed E-state index contributed by atoms with van der Waals surface area (Å²) in [7, 11) is 0. The van der Waals surface area contributed by atoms with Gasteiger partial charge in [-0.3, -0.25) is 9.69 Å². The molecule has 3 atom stereocenters. The number of hydrogen-bond acceptors (Lipinski definition) is 2. The summed E-state index contributed by atoms with van der Waals surface area (Å²) >= 11 is 0. The van der Waals surface area contributed by atoms with Gasteiger partial charge in [-0.15, -0.1) is 0 Å². The number of benzene rings is 2. The predicted octanol–water partition coefficient (Wildman–Crippen LogP) is 4.99. The van der Waals surface area contributed by atoms with Crippen LogP contribution in [0.5, 0.6) is 0 Å². The molecule has 2 aliphatic rings. The maximum atomic E-state index is 12.2. The Morgan fingerprint density at radius 2 is 1.81 bits per heavy atom. The zero-order valence-electron chi connectivity index (χ0n) is 16.2. The van der Waals surface area contributed by atoms with E-state index in [9.17, 15) is 4.79 Å². The van der Waals surface area contributed by atoms with Crippen LogP contribution in [0.3, 0.4) is 0 Å². The summed E-state index contributed by atoms with van der Waals surface area (Å²) in [6, 6.07) is 19.9. The lowest BCUT2D eigenvalue weighted by atomic mass is 9.97. The molecule has 1 amide bonds. The van der Waals surface area contributed by atoms with E-state index in [2.05, 4.69) is 41.4 Å². The third-order valence-corrected chi connectivity index (χ3v) is 6.35. The van der Waals surface area contributed by atoms with Crippen LogP contribution >= 0.6 is 0 Å². The van der Waals surface area contributed by atoms with Gasteiger partial charge < -0.3 is 5.32 Å². The Kier molecular flexibility index (Phi) is 5.58. The molecule has 1 aliphatic carbocycles. The van der Waals surface area contributed by atoms with E-state index in [-0.39, 0.29) is 5.91 Å². The quantitative estimate of drug-likeness (QED) is 0.813. The van der Waals surface area contributed by atoms with E-state index in [1.807, 2.05) is 30.3 Å². The molecule has 0 bridgehead atoms. The summed E-state index contributed by atoms with van der Waals surface area (Å²) in [5.41, 5.74) is 3.35. The second-order valence-electron chi connectivity index (χ2n) is 8.23. The molecule has 27 heavy (non-hydrogen) atoms. The van der Waals surface area contributed by atoms with E-state index < -0.39 is 0 Å². The number of anilines is 1. The van der Waals surface area contributed by atoms with Gasteiger partial charge in [0.25, 0.3) is 0 Å². The normalized spacial score (nSPS) is 25.6. The lowest BCUT2D eigenvalue weighted by Crippen LogP contribution is -2.35. The van der Waals surface area contributed by atoms with Gasteiger partial charge in [-0.05, 0) is 74.8 Å². The van der Waals surface area contributed by atoms with Gasteiger partial charge in [0.15, 0.2) is 0 Å². The fraction of sp³-hybridized carbons (Fsp3) is 0.458. The van der Waals surface area contributed by atoms with E-state index in [1.165, 1.54) is 44.2 Å². The van der Waals surface area contributed by atoms with Crippen LogP contribution in [0.1, 0.15) is 56.1 Å². The largest absolute Gasteiger partial charge is 0.326 e. The minimum absolute atomic E-state index is 0.0397. The molecule has 1 saturated heterocycles. The van der Waals surface area contributed by atoms with Crippen LogP contribution in [0.2, 0.25) is 0 Å². The highest BCUT2D eigenvalue weighted by Gasteiger charge is 2.34. The molecular weight excluding hydrogens is 332 g/mol. The summed E-state index contributed by atoms with van der Waals surface area (Å²) in [5, 5.41) is 3.02. The maximum Gasteiger partial charge on any atom is 0.228 e. The van der Waals surface area contributed by atoms with E-state index >= 15 is 0 Å². The molecule has 1 saturated carbocycles. The Labute approximate surface area is 162 Å². The van der Waals surface area contributed by atoms with Crippen LogP contribution in [0.4, 0.5) is 5.69 Å². The van der Waals surface area contributed by atoms with Crippen molar-refractivity contribution in [3.63, 3.8) is 0 Å². The van der Waals surface area contributed by atoms with Crippen molar-refractivity contribution in [2.75, 3.05) is 11.9 Å². The van der Waals surface area contributed by atoms with Gasteiger partial charge in [0.2, 0.25) is 5.91 Å². The van der Waals surface area contributed by atoms with E-state index in [0.717, 1.165) is 23.3 Å².